The van der Waals surface area contributed by atoms with Crippen LogP contribution in [0.3, 0.4) is 0 Å². The van der Waals surface area contributed by atoms with E-state index in [1.807, 2.05) is 6.07 Å². The van der Waals surface area contributed by atoms with Gasteiger partial charge in [-0.15, -0.1) is 0 Å². The lowest BCUT2D eigenvalue weighted by molar-refractivity contribution is 0.254. The highest BCUT2D eigenvalue weighted by atomic mass is 19.1. The summed E-state index contributed by atoms with van der Waals surface area (Å²) in [5.41, 5.74) is 2.16. The first kappa shape index (κ1) is 12.0. The molecule has 2 rings (SSSR count). The molecular weight excluding hydrogens is 233 g/mol. The molecule has 0 atom stereocenters. The molecule has 0 saturated heterocycles. The first-order valence-electron chi connectivity index (χ1n) is 5.40. The van der Waals surface area contributed by atoms with Crippen molar-refractivity contribution in [1.29, 1.82) is 0 Å². The number of nitrogens with one attached hydrogen (secondary N) is 2. The molecule has 4 nitrogen and oxygen atoms in total. The van der Waals surface area contributed by atoms with Gasteiger partial charge in [0.05, 0.1) is 0 Å². The molecule has 0 aliphatic carbocycles. The Kier molecular flexibility index (Phi) is 3.52. The van der Waals surface area contributed by atoms with E-state index in [9.17, 15) is 9.18 Å². The molecule has 0 spiro atoms. The third-order valence-corrected chi connectivity index (χ3v) is 2.41. The predicted octanol–water partition coefficient (Wildman–Crippen LogP) is 2.64. The van der Waals surface area contributed by atoms with Crippen LogP contribution in [0.25, 0.3) is 11.1 Å². The molecular formula is C13H12FN3O. The van der Waals surface area contributed by atoms with Gasteiger partial charge in [-0.05, 0) is 29.3 Å². The summed E-state index contributed by atoms with van der Waals surface area (Å²) < 4.78 is 13.0. The molecule has 5 heteroatoms. The Morgan fingerprint density at radius 1 is 1.22 bits per heavy atom. The summed E-state index contributed by atoms with van der Waals surface area (Å²) >= 11 is 0. The number of rotatable bonds is 2. The molecule has 1 heterocycles. The van der Waals surface area contributed by atoms with Crippen LogP contribution in [-0.2, 0) is 0 Å². The molecule has 92 valence electrons. The molecule has 18 heavy (non-hydrogen) atoms. The highest BCUT2D eigenvalue weighted by Crippen LogP contribution is 2.22. The second-order valence-electron chi connectivity index (χ2n) is 3.65. The minimum absolute atomic E-state index is 0.298. The van der Waals surface area contributed by atoms with Crippen LogP contribution in [0.15, 0.2) is 42.6 Å². The summed E-state index contributed by atoms with van der Waals surface area (Å²) in [6.45, 7) is 0. The maximum Gasteiger partial charge on any atom is 0.318 e. The molecule has 2 amide bonds. The summed E-state index contributed by atoms with van der Waals surface area (Å²) in [7, 11) is 1.54. The number of pyridine rings is 1. The number of halogens is 1. The second kappa shape index (κ2) is 5.27. The van der Waals surface area contributed by atoms with E-state index in [4.69, 9.17) is 0 Å². The fourth-order valence-electron chi connectivity index (χ4n) is 1.55. The van der Waals surface area contributed by atoms with Crippen molar-refractivity contribution in [1.82, 2.24) is 10.3 Å². The van der Waals surface area contributed by atoms with Crippen LogP contribution >= 0.6 is 0 Å². The van der Waals surface area contributed by atoms with E-state index in [1.165, 1.54) is 19.3 Å². The lowest BCUT2D eigenvalue weighted by atomic mass is 10.1. The summed E-state index contributed by atoms with van der Waals surface area (Å²) in [6.07, 6.45) is 1.41. The van der Waals surface area contributed by atoms with Gasteiger partial charge in [-0.2, -0.15) is 4.39 Å². The quantitative estimate of drug-likeness (QED) is 0.799. The maximum absolute atomic E-state index is 13.0. The van der Waals surface area contributed by atoms with Crippen molar-refractivity contribution >= 4 is 11.7 Å². The van der Waals surface area contributed by atoms with Gasteiger partial charge in [0.25, 0.3) is 0 Å². The smallest absolute Gasteiger partial charge is 0.318 e. The average Bonchev–Trinajstić information content (AvgIpc) is 2.39. The van der Waals surface area contributed by atoms with Crippen LogP contribution in [0.2, 0.25) is 0 Å². The number of amides is 2. The summed E-state index contributed by atoms with van der Waals surface area (Å²) in [4.78, 5) is 14.7. The summed E-state index contributed by atoms with van der Waals surface area (Å²) in [6, 6.07) is 9.91. The number of urea groups is 1. The Labute approximate surface area is 104 Å². The van der Waals surface area contributed by atoms with Gasteiger partial charge in [0, 0.05) is 25.0 Å². The van der Waals surface area contributed by atoms with E-state index >= 15 is 0 Å². The Balaban J connectivity index is 2.29. The van der Waals surface area contributed by atoms with Gasteiger partial charge in [0.1, 0.15) is 0 Å². The highest BCUT2D eigenvalue weighted by molar-refractivity contribution is 5.89. The molecule has 0 saturated carbocycles. The van der Waals surface area contributed by atoms with Gasteiger partial charge < -0.3 is 10.6 Å². The molecule has 0 radical (unpaired) electrons. The fraction of sp³-hybridized carbons (Fsp3) is 0.0769. The number of anilines is 1. The molecule has 0 aliphatic rings. The number of benzene rings is 1. The number of aromatic nitrogens is 1. The van der Waals surface area contributed by atoms with Gasteiger partial charge in [0.2, 0.25) is 5.95 Å². The van der Waals surface area contributed by atoms with Crippen molar-refractivity contribution in [3.8, 4) is 11.1 Å². The zero-order valence-corrected chi connectivity index (χ0v) is 9.77. The first-order valence-corrected chi connectivity index (χ1v) is 5.40. The van der Waals surface area contributed by atoms with Crippen molar-refractivity contribution < 1.29 is 9.18 Å². The molecule has 2 aromatic rings. The molecule has 0 aliphatic heterocycles. The first-order chi connectivity index (χ1) is 8.69. The van der Waals surface area contributed by atoms with E-state index in [0.29, 0.717) is 11.3 Å². The predicted molar refractivity (Wildman–Crippen MR) is 67.7 cm³/mol. The van der Waals surface area contributed by atoms with E-state index in [2.05, 4.69) is 15.6 Å². The van der Waals surface area contributed by atoms with Crippen LogP contribution in [0, 0.1) is 5.95 Å². The van der Waals surface area contributed by atoms with Crippen LogP contribution < -0.4 is 10.6 Å². The molecule has 0 unspecified atom stereocenters. The maximum atomic E-state index is 13.0. The lowest BCUT2D eigenvalue weighted by Crippen LogP contribution is -2.24. The van der Waals surface area contributed by atoms with E-state index in [-0.39, 0.29) is 6.03 Å². The molecule has 1 aromatic carbocycles. The zero-order chi connectivity index (χ0) is 13.0. The molecule has 2 N–H and O–H groups in total. The Bertz CT molecular complexity index is 572. The second-order valence-corrected chi connectivity index (χ2v) is 3.65. The van der Waals surface area contributed by atoms with Gasteiger partial charge in [-0.1, -0.05) is 12.1 Å². The van der Waals surface area contributed by atoms with Crippen LogP contribution in [0.1, 0.15) is 0 Å². The largest absolute Gasteiger partial charge is 0.341 e. The highest BCUT2D eigenvalue weighted by Gasteiger charge is 2.03. The summed E-state index contributed by atoms with van der Waals surface area (Å²) in [5.74, 6) is -0.530. The number of carbonyl (C=O) groups excluding carboxylic acids is 1. The van der Waals surface area contributed by atoms with E-state index in [0.717, 1.165) is 5.56 Å². The van der Waals surface area contributed by atoms with Crippen molar-refractivity contribution in [3.05, 3.63) is 48.5 Å². The number of carbonyl (C=O) groups is 1. The number of hydrogen-bond donors (Lipinski definition) is 2. The Morgan fingerprint density at radius 2 is 2.00 bits per heavy atom. The SMILES string of the molecule is CNC(=O)Nc1cccc(-c2ccnc(F)c2)c1. The molecule has 0 bridgehead atoms. The van der Waals surface area contributed by atoms with Crippen molar-refractivity contribution in [3.63, 3.8) is 0 Å². The molecule has 1 aromatic heterocycles. The topological polar surface area (TPSA) is 54.0 Å². The number of hydrogen-bond acceptors (Lipinski definition) is 2. The zero-order valence-electron chi connectivity index (χ0n) is 9.77. The summed E-state index contributed by atoms with van der Waals surface area (Å²) in [5, 5.41) is 5.12. The van der Waals surface area contributed by atoms with Crippen molar-refractivity contribution in [2.45, 2.75) is 0 Å². The van der Waals surface area contributed by atoms with Gasteiger partial charge in [-0.25, -0.2) is 9.78 Å². The van der Waals surface area contributed by atoms with Crippen molar-refractivity contribution in [2.75, 3.05) is 12.4 Å². The van der Waals surface area contributed by atoms with Crippen molar-refractivity contribution in [2.24, 2.45) is 0 Å². The Morgan fingerprint density at radius 3 is 2.72 bits per heavy atom. The van der Waals surface area contributed by atoms with E-state index < -0.39 is 5.95 Å². The fourth-order valence-corrected chi connectivity index (χ4v) is 1.55. The van der Waals surface area contributed by atoms with Crippen LogP contribution in [-0.4, -0.2) is 18.1 Å². The number of nitrogens with zero attached hydrogens (tertiary/aromatic N) is 1. The third kappa shape index (κ3) is 2.82. The van der Waals surface area contributed by atoms with Gasteiger partial charge in [0.15, 0.2) is 0 Å². The third-order valence-electron chi connectivity index (χ3n) is 2.41. The average molecular weight is 245 g/mol. The normalized spacial score (nSPS) is 9.89. The van der Waals surface area contributed by atoms with Crippen LogP contribution in [0.5, 0.6) is 0 Å². The van der Waals surface area contributed by atoms with Gasteiger partial charge >= 0.3 is 6.03 Å². The lowest BCUT2D eigenvalue weighted by Gasteiger charge is -2.07. The molecule has 0 fully saturated rings. The monoisotopic (exact) mass is 245 g/mol. The van der Waals surface area contributed by atoms with Gasteiger partial charge in [-0.3, -0.25) is 0 Å². The van der Waals surface area contributed by atoms with Crippen LogP contribution in [0.4, 0.5) is 14.9 Å². The minimum atomic E-state index is -0.530. The Hall–Kier alpha value is -2.43. The standard InChI is InChI=1S/C13H12FN3O/c1-15-13(18)17-11-4-2-3-9(7-11)10-5-6-16-12(14)8-10/h2-8H,1H3,(H2,15,17,18). The van der Waals surface area contributed by atoms with E-state index in [1.54, 1.807) is 24.3 Å². The minimum Gasteiger partial charge on any atom is -0.341 e.